The number of aliphatic carboxylic acids is 1. The summed E-state index contributed by atoms with van der Waals surface area (Å²) in [7, 11) is 0. The molecule has 1 aromatic heterocycles. The fraction of sp³-hybridized carbons (Fsp3) is 0.333. The highest BCUT2D eigenvalue weighted by Gasteiger charge is 2.18. The summed E-state index contributed by atoms with van der Waals surface area (Å²) in [6.07, 6.45) is 6.13. The zero-order chi connectivity index (χ0) is 14.1. The van der Waals surface area contributed by atoms with Crippen LogP contribution in [0.5, 0.6) is 0 Å². The van der Waals surface area contributed by atoms with Crippen molar-refractivity contribution >= 4 is 22.7 Å². The maximum absolute atomic E-state index is 12.5. The number of fused-ring (bicyclic) bond motifs is 1. The Hall–Kier alpha value is -2.30. The summed E-state index contributed by atoms with van der Waals surface area (Å²) in [5.41, 5.74) is 2.18. The minimum atomic E-state index is -1.01. The second kappa shape index (κ2) is 5.00. The number of hydrogen-bond acceptors (Lipinski definition) is 2. The Labute approximate surface area is 115 Å². The van der Waals surface area contributed by atoms with Crippen LogP contribution in [0, 0.1) is 0 Å². The van der Waals surface area contributed by atoms with Crippen molar-refractivity contribution in [3.63, 3.8) is 0 Å². The van der Waals surface area contributed by atoms with Crippen molar-refractivity contribution in [1.82, 2.24) is 9.13 Å². The highest BCUT2D eigenvalue weighted by molar-refractivity contribution is 5.81. The molecule has 0 spiro atoms. The molecule has 0 bridgehead atoms. The van der Waals surface area contributed by atoms with Crippen LogP contribution in [0.4, 0.5) is 0 Å². The molecule has 5 heteroatoms. The van der Waals surface area contributed by atoms with E-state index in [1.165, 1.54) is 4.57 Å². The molecule has 0 saturated heterocycles. The maximum atomic E-state index is 12.5. The van der Waals surface area contributed by atoms with Crippen LogP contribution in [-0.2, 0) is 11.3 Å². The molecular weight excluding hydrogens is 256 g/mol. The first kappa shape index (κ1) is 12.7. The highest BCUT2D eigenvalue weighted by Crippen LogP contribution is 2.24. The molecule has 0 amide bonds. The SMILES string of the molecule is O=C(O)Cn1c(=O)n(C2=CCCCC2)c2ccccc21. The Bertz CT molecular complexity index is 752. The quantitative estimate of drug-likeness (QED) is 0.932. The number of rotatable bonds is 3. The van der Waals surface area contributed by atoms with Crippen LogP contribution in [0.15, 0.2) is 35.1 Å². The third-order valence-electron chi connectivity index (χ3n) is 3.68. The predicted octanol–water partition coefficient (Wildman–Crippen LogP) is 2.30. The van der Waals surface area contributed by atoms with Gasteiger partial charge in [0.1, 0.15) is 6.54 Å². The van der Waals surface area contributed by atoms with E-state index in [2.05, 4.69) is 6.08 Å². The van der Waals surface area contributed by atoms with Gasteiger partial charge in [0, 0.05) is 5.70 Å². The Kier molecular flexibility index (Phi) is 3.18. The highest BCUT2D eigenvalue weighted by atomic mass is 16.4. The normalized spacial score (nSPS) is 15.3. The molecule has 0 saturated carbocycles. The summed E-state index contributed by atoms with van der Waals surface area (Å²) in [5, 5.41) is 8.99. The van der Waals surface area contributed by atoms with Gasteiger partial charge in [0.05, 0.1) is 11.0 Å². The number of carboxylic acid groups (broad SMARTS) is 1. The summed E-state index contributed by atoms with van der Waals surface area (Å²) in [4.78, 5) is 23.5. The smallest absolute Gasteiger partial charge is 0.333 e. The van der Waals surface area contributed by atoms with Gasteiger partial charge in [-0.25, -0.2) is 4.79 Å². The van der Waals surface area contributed by atoms with E-state index in [0.717, 1.165) is 36.9 Å². The maximum Gasteiger partial charge on any atom is 0.333 e. The topological polar surface area (TPSA) is 64.2 Å². The molecule has 104 valence electrons. The molecule has 0 atom stereocenters. The number of para-hydroxylation sites is 2. The van der Waals surface area contributed by atoms with E-state index in [1.54, 1.807) is 10.6 Å². The monoisotopic (exact) mass is 272 g/mol. The van der Waals surface area contributed by atoms with Gasteiger partial charge in [0.25, 0.3) is 0 Å². The summed E-state index contributed by atoms with van der Waals surface area (Å²) in [6.45, 7) is -0.306. The first-order chi connectivity index (χ1) is 9.68. The number of nitrogens with zero attached hydrogens (tertiary/aromatic N) is 2. The van der Waals surface area contributed by atoms with Crippen LogP contribution in [-0.4, -0.2) is 20.2 Å². The third-order valence-corrected chi connectivity index (χ3v) is 3.68. The van der Waals surface area contributed by atoms with E-state index in [-0.39, 0.29) is 12.2 Å². The number of allylic oxidation sites excluding steroid dienone is 2. The van der Waals surface area contributed by atoms with Gasteiger partial charge in [-0.1, -0.05) is 18.2 Å². The molecule has 5 nitrogen and oxygen atoms in total. The molecule has 0 radical (unpaired) electrons. The third kappa shape index (κ3) is 2.05. The lowest BCUT2D eigenvalue weighted by Gasteiger charge is -2.13. The number of hydrogen-bond donors (Lipinski definition) is 1. The Morgan fingerprint density at radius 2 is 1.95 bits per heavy atom. The van der Waals surface area contributed by atoms with E-state index in [1.807, 2.05) is 18.2 Å². The lowest BCUT2D eigenvalue weighted by atomic mass is 10.0. The minimum Gasteiger partial charge on any atom is -0.480 e. The average molecular weight is 272 g/mol. The van der Waals surface area contributed by atoms with Gasteiger partial charge in [-0.3, -0.25) is 13.9 Å². The fourth-order valence-electron chi connectivity index (χ4n) is 2.80. The Balaban J connectivity index is 2.26. The molecule has 1 N–H and O–H groups in total. The number of carbonyl (C=O) groups is 1. The van der Waals surface area contributed by atoms with Gasteiger partial charge >= 0.3 is 11.7 Å². The summed E-state index contributed by atoms with van der Waals surface area (Å²) >= 11 is 0. The van der Waals surface area contributed by atoms with Crippen LogP contribution in [0.3, 0.4) is 0 Å². The molecule has 3 rings (SSSR count). The van der Waals surface area contributed by atoms with E-state index >= 15 is 0 Å². The number of carboxylic acids is 1. The van der Waals surface area contributed by atoms with Crippen molar-refractivity contribution in [3.05, 3.63) is 40.8 Å². The number of aromatic nitrogens is 2. The van der Waals surface area contributed by atoms with Crippen molar-refractivity contribution < 1.29 is 9.90 Å². The van der Waals surface area contributed by atoms with Crippen LogP contribution >= 0.6 is 0 Å². The summed E-state index contributed by atoms with van der Waals surface area (Å²) < 4.78 is 2.99. The second-order valence-electron chi connectivity index (χ2n) is 5.03. The molecule has 1 aromatic carbocycles. The van der Waals surface area contributed by atoms with Crippen molar-refractivity contribution in [2.75, 3.05) is 0 Å². The van der Waals surface area contributed by atoms with Gasteiger partial charge in [0.15, 0.2) is 0 Å². The lowest BCUT2D eigenvalue weighted by molar-refractivity contribution is -0.137. The van der Waals surface area contributed by atoms with Crippen LogP contribution < -0.4 is 5.69 Å². The van der Waals surface area contributed by atoms with Gasteiger partial charge in [-0.2, -0.15) is 0 Å². The van der Waals surface area contributed by atoms with E-state index in [9.17, 15) is 9.59 Å². The van der Waals surface area contributed by atoms with Crippen molar-refractivity contribution in [3.8, 4) is 0 Å². The molecule has 1 heterocycles. The standard InChI is InChI=1S/C15H16N2O3/c18-14(19)10-16-12-8-4-5-9-13(12)17(15(16)20)11-6-2-1-3-7-11/h4-6,8-9H,1-3,7,10H2,(H,18,19). The molecule has 0 unspecified atom stereocenters. The van der Waals surface area contributed by atoms with Gasteiger partial charge < -0.3 is 5.11 Å². The van der Waals surface area contributed by atoms with Gasteiger partial charge in [-0.15, -0.1) is 0 Å². The summed E-state index contributed by atoms with van der Waals surface area (Å²) in [5.74, 6) is -1.01. The van der Waals surface area contributed by atoms with E-state index in [0.29, 0.717) is 5.52 Å². The minimum absolute atomic E-state index is 0.262. The first-order valence-corrected chi connectivity index (χ1v) is 6.80. The lowest BCUT2D eigenvalue weighted by Crippen LogP contribution is -2.27. The molecule has 0 aliphatic heterocycles. The van der Waals surface area contributed by atoms with E-state index in [4.69, 9.17) is 5.11 Å². The fourth-order valence-corrected chi connectivity index (χ4v) is 2.80. The second-order valence-corrected chi connectivity index (χ2v) is 5.03. The zero-order valence-electron chi connectivity index (χ0n) is 11.1. The Morgan fingerprint density at radius 1 is 1.20 bits per heavy atom. The molecule has 0 fully saturated rings. The average Bonchev–Trinajstić information content (AvgIpc) is 2.72. The molecule has 20 heavy (non-hydrogen) atoms. The van der Waals surface area contributed by atoms with Crippen LogP contribution in [0.25, 0.3) is 16.7 Å². The molecule has 1 aliphatic carbocycles. The number of benzene rings is 1. The van der Waals surface area contributed by atoms with Crippen molar-refractivity contribution in [2.24, 2.45) is 0 Å². The van der Waals surface area contributed by atoms with Gasteiger partial charge in [0.2, 0.25) is 0 Å². The van der Waals surface area contributed by atoms with Gasteiger partial charge in [-0.05, 0) is 37.8 Å². The van der Waals surface area contributed by atoms with Crippen molar-refractivity contribution in [1.29, 1.82) is 0 Å². The Morgan fingerprint density at radius 3 is 2.60 bits per heavy atom. The first-order valence-electron chi connectivity index (χ1n) is 6.80. The molecule has 2 aromatic rings. The van der Waals surface area contributed by atoms with E-state index < -0.39 is 5.97 Å². The molecule has 1 aliphatic rings. The molecular formula is C15H16N2O3. The number of imidazole rings is 1. The van der Waals surface area contributed by atoms with Crippen LogP contribution in [0.2, 0.25) is 0 Å². The predicted molar refractivity (Wildman–Crippen MR) is 76.6 cm³/mol. The van der Waals surface area contributed by atoms with Crippen LogP contribution in [0.1, 0.15) is 25.7 Å². The largest absolute Gasteiger partial charge is 0.480 e. The van der Waals surface area contributed by atoms with Crippen molar-refractivity contribution in [2.45, 2.75) is 32.2 Å². The summed E-state index contributed by atoms with van der Waals surface area (Å²) in [6, 6.07) is 7.34. The zero-order valence-corrected chi connectivity index (χ0v) is 11.1.